The lowest BCUT2D eigenvalue weighted by molar-refractivity contribution is 0.127. The van der Waals surface area contributed by atoms with Gasteiger partial charge in [-0.1, -0.05) is 60.4 Å². The third-order valence-corrected chi connectivity index (χ3v) is 3.46. The SMILES string of the molecule is OC(CC#Cc1ccccc1)CC(F)CCc1ccccc1. The van der Waals surface area contributed by atoms with Crippen molar-refractivity contribution in [3.05, 3.63) is 71.8 Å². The van der Waals surface area contributed by atoms with E-state index in [1.165, 1.54) is 0 Å². The Balaban J connectivity index is 1.70. The van der Waals surface area contributed by atoms with Gasteiger partial charge in [-0.2, -0.15) is 0 Å². The number of aliphatic hydroxyl groups is 1. The molecule has 0 saturated carbocycles. The number of aliphatic hydroxyl groups excluding tert-OH is 1. The Morgan fingerprint density at radius 3 is 2.27 bits per heavy atom. The molecule has 0 heterocycles. The number of halogens is 1. The summed E-state index contributed by atoms with van der Waals surface area (Å²) in [5.74, 6) is 5.89. The van der Waals surface area contributed by atoms with E-state index in [9.17, 15) is 9.50 Å². The maximum absolute atomic E-state index is 13.9. The van der Waals surface area contributed by atoms with E-state index in [-0.39, 0.29) is 6.42 Å². The Morgan fingerprint density at radius 1 is 0.955 bits per heavy atom. The van der Waals surface area contributed by atoms with E-state index >= 15 is 0 Å². The van der Waals surface area contributed by atoms with E-state index < -0.39 is 12.3 Å². The number of hydrogen-bond acceptors (Lipinski definition) is 1. The molecule has 2 aromatic rings. The molecule has 1 nitrogen and oxygen atoms in total. The molecule has 2 heteroatoms. The van der Waals surface area contributed by atoms with Crippen molar-refractivity contribution >= 4 is 0 Å². The number of aryl methyl sites for hydroxylation is 1. The first kappa shape index (κ1) is 16.3. The van der Waals surface area contributed by atoms with Crippen LogP contribution in [0.1, 0.15) is 30.4 Å². The van der Waals surface area contributed by atoms with Crippen LogP contribution in [0.4, 0.5) is 4.39 Å². The minimum absolute atomic E-state index is 0.149. The van der Waals surface area contributed by atoms with Crippen LogP contribution in [-0.4, -0.2) is 17.4 Å². The summed E-state index contributed by atoms with van der Waals surface area (Å²) < 4.78 is 13.9. The molecule has 0 radical (unpaired) electrons. The van der Waals surface area contributed by atoms with Crippen molar-refractivity contribution in [3.8, 4) is 11.8 Å². The van der Waals surface area contributed by atoms with Crippen molar-refractivity contribution in [2.45, 2.75) is 38.0 Å². The number of benzene rings is 2. The molecular weight excluding hydrogens is 275 g/mol. The summed E-state index contributed by atoms with van der Waals surface area (Å²) in [7, 11) is 0. The van der Waals surface area contributed by atoms with E-state index in [0.29, 0.717) is 19.3 Å². The van der Waals surface area contributed by atoms with Gasteiger partial charge in [0.15, 0.2) is 0 Å². The average Bonchev–Trinajstić information content (AvgIpc) is 2.55. The van der Waals surface area contributed by atoms with Gasteiger partial charge < -0.3 is 5.11 Å². The number of alkyl halides is 1. The molecule has 22 heavy (non-hydrogen) atoms. The van der Waals surface area contributed by atoms with E-state index in [1.54, 1.807) is 0 Å². The van der Waals surface area contributed by atoms with Gasteiger partial charge in [-0.05, 0) is 30.5 Å². The molecule has 114 valence electrons. The third kappa shape index (κ3) is 6.11. The van der Waals surface area contributed by atoms with Crippen LogP contribution >= 0.6 is 0 Å². The predicted molar refractivity (Wildman–Crippen MR) is 88.2 cm³/mol. The molecule has 0 aromatic heterocycles. The minimum atomic E-state index is -0.992. The smallest absolute Gasteiger partial charge is 0.103 e. The van der Waals surface area contributed by atoms with Gasteiger partial charge in [0.2, 0.25) is 0 Å². The predicted octanol–water partition coefficient (Wildman–Crippen LogP) is 4.15. The first-order chi connectivity index (χ1) is 10.7. The lowest BCUT2D eigenvalue weighted by Gasteiger charge is -2.11. The quantitative estimate of drug-likeness (QED) is 0.794. The van der Waals surface area contributed by atoms with Crippen molar-refractivity contribution in [2.75, 3.05) is 0 Å². The van der Waals surface area contributed by atoms with Crippen LogP contribution in [0.5, 0.6) is 0 Å². The molecule has 0 aliphatic heterocycles. The molecule has 0 spiro atoms. The molecule has 0 aliphatic carbocycles. The summed E-state index contributed by atoms with van der Waals surface area (Å²) in [6.45, 7) is 0. The lowest BCUT2D eigenvalue weighted by atomic mass is 10.0. The van der Waals surface area contributed by atoms with Crippen molar-refractivity contribution in [2.24, 2.45) is 0 Å². The molecular formula is C20H21FO. The standard InChI is InChI=1S/C20H21FO/c21-19(15-14-18-10-5-2-6-11-18)16-20(22)13-7-12-17-8-3-1-4-9-17/h1-6,8-11,19-20,22H,13-16H2. The van der Waals surface area contributed by atoms with Gasteiger partial charge in [0.25, 0.3) is 0 Å². The summed E-state index contributed by atoms with van der Waals surface area (Å²) in [6.07, 6.45) is -0.107. The van der Waals surface area contributed by atoms with Crippen LogP contribution in [0.3, 0.4) is 0 Å². The fourth-order valence-electron chi connectivity index (χ4n) is 2.26. The second-order valence-corrected chi connectivity index (χ2v) is 5.38. The Morgan fingerprint density at radius 2 is 1.59 bits per heavy atom. The monoisotopic (exact) mass is 296 g/mol. The van der Waals surface area contributed by atoms with Crippen LogP contribution in [0.25, 0.3) is 0 Å². The van der Waals surface area contributed by atoms with Crippen LogP contribution in [0.2, 0.25) is 0 Å². The van der Waals surface area contributed by atoms with Crippen LogP contribution < -0.4 is 0 Å². The zero-order valence-electron chi connectivity index (χ0n) is 12.6. The van der Waals surface area contributed by atoms with Gasteiger partial charge in [-0.25, -0.2) is 4.39 Å². The highest BCUT2D eigenvalue weighted by atomic mass is 19.1. The highest BCUT2D eigenvalue weighted by molar-refractivity contribution is 5.33. The molecule has 2 aromatic carbocycles. The normalized spacial score (nSPS) is 13.0. The summed E-state index contributed by atoms with van der Waals surface area (Å²) in [5, 5.41) is 9.85. The van der Waals surface area contributed by atoms with E-state index in [0.717, 1.165) is 11.1 Å². The summed E-state index contributed by atoms with van der Waals surface area (Å²) in [4.78, 5) is 0. The number of rotatable bonds is 6. The van der Waals surface area contributed by atoms with E-state index in [4.69, 9.17) is 0 Å². The van der Waals surface area contributed by atoms with Gasteiger partial charge in [0.05, 0.1) is 6.10 Å². The van der Waals surface area contributed by atoms with Crippen LogP contribution in [0, 0.1) is 11.8 Å². The zero-order chi connectivity index (χ0) is 15.6. The molecule has 1 N–H and O–H groups in total. The molecule has 0 fully saturated rings. The molecule has 0 aliphatic rings. The number of hydrogen-bond donors (Lipinski definition) is 1. The molecule has 2 unspecified atom stereocenters. The molecule has 0 saturated heterocycles. The first-order valence-corrected chi connectivity index (χ1v) is 7.64. The highest BCUT2D eigenvalue weighted by Crippen LogP contribution is 2.13. The van der Waals surface area contributed by atoms with Crippen molar-refractivity contribution in [1.82, 2.24) is 0 Å². The fraction of sp³-hybridized carbons (Fsp3) is 0.300. The summed E-state index contributed by atoms with van der Waals surface area (Å²) >= 11 is 0. The van der Waals surface area contributed by atoms with Gasteiger partial charge in [-0.3, -0.25) is 0 Å². The minimum Gasteiger partial charge on any atom is -0.392 e. The van der Waals surface area contributed by atoms with Crippen LogP contribution in [-0.2, 0) is 6.42 Å². The largest absolute Gasteiger partial charge is 0.392 e. The molecule has 2 atom stereocenters. The van der Waals surface area contributed by atoms with Crippen molar-refractivity contribution in [3.63, 3.8) is 0 Å². The second-order valence-electron chi connectivity index (χ2n) is 5.38. The fourth-order valence-corrected chi connectivity index (χ4v) is 2.26. The van der Waals surface area contributed by atoms with E-state index in [2.05, 4.69) is 11.8 Å². The van der Waals surface area contributed by atoms with Gasteiger partial charge in [0, 0.05) is 18.4 Å². The van der Waals surface area contributed by atoms with Gasteiger partial charge >= 0.3 is 0 Å². The lowest BCUT2D eigenvalue weighted by Crippen LogP contribution is -2.14. The Bertz CT molecular complexity index is 598. The topological polar surface area (TPSA) is 20.2 Å². The molecule has 0 amide bonds. The third-order valence-electron chi connectivity index (χ3n) is 3.46. The summed E-state index contributed by atoms with van der Waals surface area (Å²) in [6, 6.07) is 19.4. The van der Waals surface area contributed by atoms with Crippen molar-refractivity contribution in [1.29, 1.82) is 0 Å². The van der Waals surface area contributed by atoms with Gasteiger partial charge in [-0.15, -0.1) is 0 Å². The second kappa shape index (κ2) is 9.02. The maximum atomic E-state index is 13.9. The Labute approximate surface area is 131 Å². The molecule has 2 rings (SSSR count). The highest BCUT2D eigenvalue weighted by Gasteiger charge is 2.12. The Hall–Kier alpha value is -2.11. The Kier molecular flexibility index (Phi) is 6.67. The maximum Gasteiger partial charge on any atom is 0.103 e. The van der Waals surface area contributed by atoms with E-state index in [1.807, 2.05) is 60.7 Å². The van der Waals surface area contributed by atoms with Crippen LogP contribution in [0.15, 0.2) is 60.7 Å². The zero-order valence-corrected chi connectivity index (χ0v) is 12.6. The average molecular weight is 296 g/mol. The van der Waals surface area contributed by atoms with Gasteiger partial charge in [0.1, 0.15) is 6.17 Å². The first-order valence-electron chi connectivity index (χ1n) is 7.64. The van der Waals surface area contributed by atoms with Crippen molar-refractivity contribution < 1.29 is 9.50 Å². The summed E-state index contributed by atoms with van der Waals surface area (Å²) in [5.41, 5.74) is 2.04. The molecule has 0 bridgehead atoms.